The van der Waals surface area contributed by atoms with Crippen LogP contribution in [0, 0.1) is 0 Å². The van der Waals surface area contributed by atoms with Crippen molar-refractivity contribution in [2.24, 2.45) is 0 Å². The lowest BCUT2D eigenvalue weighted by atomic mass is 10.1. The molecule has 2 rings (SSSR count). The number of nitrogens with one attached hydrogen (secondary N) is 1. The Morgan fingerprint density at radius 3 is 2.67 bits per heavy atom. The summed E-state index contributed by atoms with van der Waals surface area (Å²) >= 11 is 0. The smallest absolute Gasteiger partial charge is 0.416 e. The van der Waals surface area contributed by atoms with Crippen molar-refractivity contribution in [2.75, 3.05) is 12.4 Å². The third kappa shape index (κ3) is 3.50. The molecule has 21 heavy (non-hydrogen) atoms. The molecule has 1 aromatic heterocycles. The van der Waals surface area contributed by atoms with E-state index in [1.165, 1.54) is 31.5 Å². The molecular weight excluding hydrogens is 285 g/mol. The maximum Gasteiger partial charge on any atom is 0.416 e. The molecule has 0 bridgehead atoms. The number of benzene rings is 1. The first-order valence-electron chi connectivity index (χ1n) is 5.89. The summed E-state index contributed by atoms with van der Waals surface area (Å²) in [5.74, 6) is -0.495. The molecule has 0 atom stereocenters. The van der Waals surface area contributed by atoms with Crippen LogP contribution in [0.1, 0.15) is 15.9 Å². The third-order valence-electron chi connectivity index (χ3n) is 2.66. The largest absolute Gasteiger partial charge is 0.480 e. The molecule has 1 aromatic carbocycles. The number of carbonyl (C=O) groups is 1. The quantitative estimate of drug-likeness (QED) is 0.945. The normalized spacial score (nSPS) is 11.0. The van der Waals surface area contributed by atoms with E-state index < -0.39 is 17.6 Å². The van der Waals surface area contributed by atoms with Crippen LogP contribution >= 0.6 is 0 Å². The summed E-state index contributed by atoms with van der Waals surface area (Å²) in [6.07, 6.45) is -3.03. The van der Waals surface area contributed by atoms with E-state index in [4.69, 9.17) is 4.74 Å². The summed E-state index contributed by atoms with van der Waals surface area (Å²) in [6.45, 7) is 0. The Balaban J connectivity index is 2.25. The predicted molar refractivity (Wildman–Crippen MR) is 70.2 cm³/mol. The first kappa shape index (κ1) is 14.8. The number of hydrogen-bond acceptors (Lipinski definition) is 3. The monoisotopic (exact) mass is 296 g/mol. The van der Waals surface area contributed by atoms with Gasteiger partial charge in [-0.2, -0.15) is 13.2 Å². The van der Waals surface area contributed by atoms with Crippen molar-refractivity contribution in [3.05, 3.63) is 53.7 Å². The van der Waals surface area contributed by atoms with E-state index in [1.54, 1.807) is 6.07 Å². The van der Waals surface area contributed by atoms with Crippen molar-refractivity contribution in [3.8, 4) is 5.88 Å². The number of methoxy groups -OCH3 is 1. The second kappa shape index (κ2) is 5.82. The summed E-state index contributed by atoms with van der Waals surface area (Å²) in [6, 6.07) is 7.28. The zero-order valence-corrected chi connectivity index (χ0v) is 10.9. The van der Waals surface area contributed by atoms with Crippen LogP contribution in [0.3, 0.4) is 0 Å². The molecular formula is C14H11F3N2O2. The molecule has 7 heteroatoms. The van der Waals surface area contributed by atoms with Gasteiger partial charge in [0.1, 0.15) is 5.69 Å². The van der Waals surface area contributed by atoms with E-state index in [1.807, 2.05) is 0 Å². The fourth-order valence-electron chi connectivity index (χ4n) is 1.68. The zero-order valence-electron chi connectivity index (χ0n) is 10.9. The van der Waals surface area contributed by atoms with Gasteiger partial charge in [0.05, 0.1) is 12.7 Å². The molecule has 1 N–H and O–H groups in total. The van der Waals surface area contributed by atoms with Gasteiger partial charge in [-0.3, -0.25) is 4.79 Å². The molecule has 4 nitrogen and oxygen atoms in total. The average molecular weight is 296 g/mol. The van der Waals surface area contributed by atoms with Crippen LogP contribution in [0.2, 0.25) is 0 Å². The summed E-state index contributed by atoms with van der Waals surface area (Å²) in [5, 5.41) is 2.46. The highest BCUT2D eigenvalue weighted by Crippen LogP contribution is 2.30. The minimum atomic E-state index is -4.50. The standard InChI is InChI=1S/C14H11F3N2O2/c1-21-13-11(6-3-7-18-13)19-12(20)9-4-2-5-10(8-9)14(15,16)17/h2-8H,1H3,(H,19,20). The van der Waals surface area contributed by atoms with E-state index in [0.717, 1.165) is 12.1 Å². The van der Waals surface area contributed by atoms with Gasteiger partial charge in [0.25, 0.3) is 5.91 Å². The van der Waals surface area contributed by atoms with Crippen LogP contribution < -0.4 is 10.1 Å². The second-order valence-corrected chi connectivity index (χ2v) is 4.09. The van der Waals surface area contributed by atoms with E-state index >= 15 is 0 Å². The number of hydrogen-bond donors (Lipinski definition) is 1. The van der Waals surface area contributed by atoms with Crippen LogP contribution in [0.5, 0.6) is 5.88 Å². The maximum absolute atomic E-state index is 12.6. The number of carbonyl (C=O) groups excluding carboxylic acids is 1. The first-order valence-corrected chi connectivity index (χ1v) is 5.89. The number of alkyl halides is 3. The Bertz CT molecular complexity index is 657. The van der Waals surface area contributed by atoms with Gasteiger partial charge in [-0.15, -0.1) is 0 Å². The molecule has 1 amide bonds. The molecule has 0 aliphatic rings. The number of anilines is 1. The Hall–Kier alpha value is -2.57. The predicted octanol–water partition coefficient (Wildman–Crippen LogP) is 3.36. The molecule has 0 saturated heterocycles. The van der Waals surface area contributed by atoms with Gasteiger partial charge >= 0.3 is 6.18 Å². The minimum absolute atomic E-state index is 0.101. The minimum Gasteiger partial charge on any atom is -0.480 e. The molecule has 0 saturated carbocycles. The lowest BCUT2D eigenvalue weighted by Gasteiger charge is -2.10. The number of rotatable bonds is 3. The molecule has 2 aromatic rings. The fraction of sp³-hybridized carbons (Fsp3) is 0.143. The summed E-state index contributed by atoms with van der Waals surface area (Å²) in [5.41, 5.74) is -0.702. The van der Waals surface area contributed by atoms with Gasteiger partial charge in [0.2, 0.25) is 5.88 Å². The summed E-state index contributed by atoms with van der Waals surface area (Å²) in [7, 11) is 1.38. The molecule has 0 unspecified atom stereocenters. The maximum atomic E-state index is 12.6. The van der Waals surface area contributed by atoms with Gasteiger partial charge in [0.15, 0.2) is 0 Å². The van der Waals surface area contributed by atoms with Gasteiger partial charge in [0, 0.05) is 11.8 Å². The topological polar surface area (TPSA) is 51.2 Å². The van der Waals surface area contributed by atoms with Crippen LogP contribution in [-0.2, 0) is 6.18 Å². The molecule has 110 valence electrons. The number of halogens is 3. The number of amides is 1. The van der Waals surface area contributed by atoms with Crippen molar-refractivity contribution in [1.82, 2.24) is 4.98 Å². The Morgan fingerprint density at radius 2 is 2.00 bits per heavy atom. The number of pyridine rings is 1. The Kier molecular flexibility index (Phi) is 4.11. The van der Waals surface area contributed by atoms with Crippen LogP contribution in [0.25, 0.3) is 0 Å². The zero-order chi connectivity index (χ0) is 15.5. The number of ether oxygens (including phenoxy) is 1. The Labute approximate surface area is 118 Å². The van der Waals surface area contributed by atoms with Crippen molar-refractivity contribution < 1.29 is 22.7 Å². The fourth-order valence-corrected chi connectivity index (χ4v) is 1.68. The average Bonchev–Trinajstić information content (AvgIpc) is 2.47. The van der Waals surface area contributed by atoms with Crippen molar-refractivity contribution in [2.45, 2.75) is 6.18 Å². The lowest BCUT2D eigenvalue weighted by molar-refractivity contribution is -0.137. The molecule has 0 aliphatic carbocycles. The Morgan fingerprint density at radius 1 is 1.24 bits per heavy atom. The SMILES string of the molecule is COc1ncccc1NC(=O)c1cccc(C(F)(F)F)c1. The van der Waals surface area contributed by atoms with Crippen molar-refractivity contribution >= 4 is 11.6 Å². The van der Waals surface area contributed by atoms with Gasteiger partial charge < -0.3 is 10.1 Å². The number of nitrogens with zero attached hydrogens (tertiary/aromatic N) is 1. The molecule has 0 spiro atoms. The van der Waals surface area contributed by atoms with Crippen LogP contribution in [-0.4, -0.2) is 18.0 Å². The van der Waals surface area contributed by atoms with E-state index in [-0.39, 0.29) is 17.1 Å². The molecule has 1 heterocycles. The lowest BCUT2D eigenvalue weighted by Crippen LogP contribution is -2.14. The summed E-state index contributed by atoms with van der Waals surface area (Å²) in [4.78, 5) is 15.9. The van der Waals surface area contributed by atoms with Crippen molar-refractivity contribution in [1.29, 1.82) is 0 Å². The highest BCUT2D eigenvalue weighted by atomic mass is 19.4. The van der Waals surface area contributed by atoms with Crippen LogP contribution in [0.15, 0.2) is 42.6 Å². The highest BCUT2D eigenvalue weighted by Gasteiger charge is 2.30. The van der Waals surface area contributed by atoms with Crippen LogP contribution in [0.4, 0.5) is 18.9 Å². The van der Waals surface area contributed by atoms with Crippen molar-refractivity contribution in [3.63, 3.8) is 0 Å². The van der Waals surface area contributed by atoms with E-state index in [0.29, 0.717) is 0 Å². The van der Waals surface area contributed by atoms with Gasteiger partial charge in [-0.25, -0.2) is 4.98 Å². The highest BCUT2D eigenvalue weighted by molar-refractivity contribution is 6.04. The second-order valence-electron chi connectivity index (χ2n) is 4.09. The first-order chi connectivity index (χ1) is 9.91. The van der Waals surface area contributed by atoms with E-state index in [9.17, 15) is 18.0 Å². The van der Waals surface area contributed by atoms with E-state index in [2.05, 4.69) is 10.3 Å². The summed E-state index contributed by atoms with van der Waals surface area (Å²) < 4.78 is 42.8. The van der Waals surface area contributed by atoms with Gasteiger partial charge in [-0.05, 0) is 30.3 Å². The molecule has 0 fully saturated rings. The molecule has 0 aliphatic heterocycles. The molecule has 0 radical (unpaired) electrons. The number of aromatic nitrogens is 1. The van der Waals surface area contributed by atoms with Gasteiger partial charge in [-0.1, -0.05) is 6.07 Å². The third-order valence-corrected chi connectivity index (χ3v) is 2.66.